The topological polar surface area (TPSA) is 55.8 Å². The number of nitrogens with zero attached hydrogens (tertiary/aromatic N) is 2. The number of anilines is 2. The van der Waals surface area contributed by atoms with Crippen molar-refractivity contribution in [1.29, 1.82) is 0 Å². The third-order valence-corrected chi connectivity index (χ3v) is 5.15. The molecule has 0 aliphatic carbocycles. The van der Waals surface area contributed by atoms with Crippen LogP contribution in [0, 0.1) is 6.92 Å². The Hall–Kier alpha value is -2.24. The molecule has 1 amide bonds. The SMILES string of the molecule is Cc1ccc(Cl)cc1NC(=O)[C@H](C)N1CCN(c2ccc(O)cc2)CC1. The highest BCUT2D eigenvalue weighted by atomic mass is 35.5. The third-order valence-electron chi connectivity index (χ3n) is 4.91. The van der Waals surface area contributed by atoms with Gasteiger partial charge in [0.25, 0.3) is 0 Å². The van der Waals surface area contributed by atoms with E-state index in [-0.39, 0.29) is 17.7 Å². The lowest BCUT2D eigenvalue weighted by Gasteiger charge is -2.38. The van der Waals surface area contributed by atoms with Crippen LogP contribution in [0.2, 0.25) is 5.02 Å². The Morgan fingerprint density at radius 3 is 2.42 bits per heavy atom. The lowest BCUT2D eigenvalue weighted by molar-refractivity contribution is -0.120. The van der Waals surface area contributed by atoms with E-state index in [0.29, 0.717) is 5.02 Å². The largest absolute Gasteiger partial charge is 0.508 e. The van der Waals surface area contributed by atoms with Crippen molar-refractivity contribution in [3.63, 3.8) is 0 Å². The number of rotatable bonds is 4. The lowest BCUT2D eigenvalue weighted by Crippen LogP contribution is -2.52. The van der Waals surface area contributed by atoms with Crippen molar-refractivity contribution in [2.45, 2.75) is 19.9 Å². The predicted octanol–water partition coefficient (Wildman–Crippen LogP) is 3.50. The van der Waals surface area contributed by atoms with E-state index >= 15 is 0 Å². The van der Waals surface area contributed by atoms with Crippen LogP contribution in [0.1, 0.15) is 12.5 Å². The average molecular weight is 374 g/mol. The molecule has 0 radical (unpaired) electrons. The van der Waals surface area contributed by atoms with Crippen LogP contribution in [0.3, 0.4) is 0 Å². The molecule has 5 nitrogen and oxygen atoms in total. The van der Waals surface area contributed by atoms with Gasteiger partial charge in [-0.05, 0) is 55.8 Å². The normalized spacial score (nSPS) is 16.3. The predicted molar refractivity (Wildman–Crippen MR) is 106 cm³/mol. The van der Waals surface area contributed by atoms with E-state index in [4.69, 9.17) is 11.6 Å². The zero-order valence-corrected chi connectivity index (χ0v) is 15.8. The van der Waals surface area contributed by atoms with Crippen molar-refractivity contribution in [3.05, 3.63) is 53.1 Å². The highest BCUT2D eigenvalue weighted by molar-refractivity contribution is 6.31. The van der Waals surface area contributed by atoms with Crippen molar-refractivity contribution >= 4 is 28.9 Å². The summed E-state index contributed by atoms with van der Waals surface area (Å²) >= 11 is 6.03. The first-order valence-electron chi connectivity index (χ1n) is 8.79. The Balaban J connectivity index is 1.57. The molecule has 0 saturated carbocycles. The number of nitrogens with one attached hydrogen (secondary N) is 1. The van der Waals surface area contributed by atoms with E-state index < -0.39 is 0 Å². The molecular weight excluding hydrogens is 350 g/mol. The summed E-state index contributed by atoms with van der Waals surface area (Å²) in [6.07, 6.45) is 0. The van der Waals surface area contributed by atoms with E-state index in [0.717, 1.165) is 43.1 Å². The number of carbonyl (C=O) groups is 1. The molecule has 0 aromatic heterocycles. The summed E-state index contributed by atoms with van der Waals surface area (Å²) in [5, 5.41) is 13.0. The van der Waals surface area contributed by atoms with E-state index in [1.165, 1.54) is 0 Å². The maximum Gasteiger partial charge on any atom is 0.241 e. The number of halogens is 1. The number of amides is 1. The molecular formula is C20H24ClN3O2. The second-order valence-corrected chi connectivity index (χ2v) is 7.10. The van der Waals surface area contributed by atoms with Gasteiger partial charge in [0.05, 0.1) is 6.04 Å². The first kappa shape index (κ1) is 18.5. The van der Waals surface area contributed by atoms with Crippen LogP contribution in [0.15, 0.2) is 42.5 Å². The summed E-state index contributed by atoms with van der Waals surface area (Å²) in [5.41, 5.74) is 2.85. The van der Waals surface area contributed by atoms with Gasteiger partial charge < -0.3 is 15.3 Å². The molecule has 1 aliphatic rings. The molecule has 1 fully saturated rings. The lowest BCUT2D eigenvalue weighted by atomic mass is 10.1. The second kappa shape index (κ2) is 7.98. The van der Waals surface area contributed by atoms with E-state index in [1.807, 2.05) is 38.1 Å². The monoisotopic (exact) mass is 373 g/mol. The number of benzene rings is 2. The summed E-state index contributed by atoms with van der Waals surface area (Å²) in [6, 6.07) is 12.5. The summed E-state index contributed by atoms with van der Waals surface area (Å²) in [6.45, 7) is 7.20. The van der Waals surface area contributed by atoms with E-state index in [2.05, 4.69) is 15.1 Å². The van der Waals surface area contributed by atoms with Crippen LogP contribution in [-0.4, -0.2) is 48.1 Å². The van der Waals surface area contributed by atoms with Crippen LogP contribution in [0.25, 0.3) is 0 Å². The van der Waals surface area contributed by atoms with Crippen LogP contribution >= 0.6 is 11.6 Å². The molecule has 1 aliphatic heterocycles. The van der Waals surface area contributed by atoms with Gasteiger partial charge in [0.1, 0.15) is 5.75 Å². The Morgan fingerprint density at radius 1 is 1.12 bits per heavy atom. The van der Waals surface area contributed by atoms with Crippen molar-refractivity contribution < 1.29 is 9.90 Å². The number of aryl methyl sites for hydroxylation is 1. The third kappa shape index (κ3) is 4.29. The van der Waals surface area contributed by atoms with Crippen molar-refractivity contribution in [1.82, 2.24) is 4.90 Å². The summed E-state index contributed by atoms with van der Waals surface area (Å²) in [5.74, 6) is 0.252. The maximum absolute atomic E-state index is 12.6. The molecule has 26 heavy (non-hydrogen) atoms. The second-order valence-electron chi connectivity index (χ2n) is 6.66. The minimum atomic E-state index is -0.213. The van der Waals surface area contributed by atoms with Gasteiger partial charge in [-0.15, -0.1) is 0 Å². The van der Waals surface area contributed by atoms with E-state index in [1.54, 1.807) is 18.2 Å². The fourth-order valence-electron chi connectivity index (χ4n) is 3.16. The molecule has 2 aromatic carbocycles. The van der Waals surface area contributed by atoms with Gasteiger partial charge >= 0.3 is 0 Å². The molecule has 0 spiro atoms. The van der Waals surface area contributed by atoms with Gasteiger partial charge in [0, 0.05) is 42.6 Å². The molecule has 1 saturated heterocycles. The van der Waals surface area contributed by atoms with Gasteiger partial charge in [-0.25, -0.2) is 0 Å². The number of aromatic hydroxyl groups is 1. The number of hydrogen-bond donors (Lipinski definition) is 2. The van der Waals surface area contributed by atoms with Crippen molar-refractivity contribution in [2.75, 3.05) is 36.4 Å². The Morgan fingerprint density at radius 2 is 1.77 bits per heavy atom. The molecule has 1 heterocycles. The van der Waals surface area contributed by atoms with Gasteiger partial charge in [-0.3, -0.25) is 9.69 Å². The van der Waals surface area contributed by atoms with Gasteiger partial charge in [-0.1, -0.05) is 17.7 Å². The quantitative estimate of drug-likeness (QED) is 0.861. The molecule has 1 atom stereocenters. The standard InChI is InChI=1S/C20H24ClN3O2/c1-14-3-4-16(21)13-19(14)22-20(26)15(2)23-9-11-24(12-10-23)17-5-7-18(25)8-6-17/h3-8,13,15,25H,9-12H2,1-2H3,(H,22,26)/t15-/m0/s1. The van der Waals surface area contributed by atoms with Crippen LogP contribution in [0.4, 0.5) is 11.4 Å². The highest BCUT2D eigenvalue weighted by Crippen LogP contribution is 2.22. The van der Waals surface area contributed by atoms with Gasteiger partial charge in [0.2, 0.25) is 5.91 Å². The Kier molecular flexibility index (Phi) is 5.69. The van der Waals surface area contributed by atoms with Crippen molar-refractivity contribution in [2.24, 2.45) is 0 Å². The number of phenolic OH excluding ortho intramolecular Hbond substituents is 1. The highest BCUT2D eigenvalue weighted by Gasteiger charge is 2.26. The number of piperazine rings is 1. The minimum Gasteiger partial charge on any atom is -0.508 e. The zero-order chi connectivity index (χ0) is 18.7. The van der Waals surface area contributed by atoms with Gasteiger partial charge in [-0.2, -0.15) is 0 Å². The smallest absolute Gasteiger partial charge is 0.241 e. The number of hydrogen-bond acceptors (Lipinski definition) is 4. The Labute approximate surface area is 159 Å². The molecule has 0 unspecified atom stereocenters. The fraction of sp³-hybridized carbons (Fsp3) is 0.350. The molecule has 6 heteroatoms. The summed E-state index contributed by atoms with van der Waals surface area (Å²) in [4.78, 5) is 17.1. The Bertz CT molecular complexity index is 771. The zero-order valence-electron chi connectivity index (χ0n) is 15.1. The van der Waals surface area contributed by atoms with Crippen LogP contribution in [-0.2, 0) is 4.79 Å². The molecule has 138 valence electrons. The molecule has 0 bridgehead atoms. The number of carbonyl (C=O) groups excluding carboxylic acids is 1. The molecule has 2 N–H and O–H groups in total. The number of phenols is 1. The van der Waals surface area contributed by atoms with E-state index in [9.17, 15) is 9.90 Å². The average Bonchev–Trinajstić information content (AvgIpc) is 2.65. The molecule has 2 aromatic rings. The fourth-order valence-corrected chi connectivity index (χ4v) is 3.33. The molecule has 3 rings (SSSR count). The van der Waals surface area contributed by atoms with Gasteiger partial charge in [0.15, 0.2) is 0 Å². The van der Waals surface area contributed by atoms with Crippen LogP contribution < -0.4 is 10.2 Å². The van der Waals surface area contributed by atoms with Crippen LogP contribution in [0.5, 0.6) is 5.75 Å². The maximum atomic E-state index is 12.6. The first-order chi connectivity index (χ1) is 12.4. The summed E-state index contributed by atoms with van der Waals surface area (Å²) in [7, 11) is 0. The minimum absolute atomic E-state index is 0.0200. The van der Waals surface area contributed by atoms with Crippen molar-refractivity contribution in [3.8, 4) is 5.75 Å². The summed E-state index contributed by atoms with van der Waals surface area (Å²) < 4.78 is 0. The first-order valence-corrected chi connectivity index (χ1v) is 9.17.